The van der Waals surface area contributed by atoms with Crippen LogP contribution in [0.3, 0.4) is 0 Å². The van der Waals surface area contributed by atoms with Crippen LogP contribution in [0, 0.1) is 0 Å². The van der Waals surface area contributed by atoms with Gasteiger partial charge in [0.05, 0.1) is 32.5 Å². The molecule has 0 radical (unpaired) electrons. The van der Waals surface area contributed by atoms with Gasteiger partial charge < -0.3 is 24.8 Å². The van der Waals surface area contributed by atoms with Crippen LogP contribution in [0.15, 0.2) is 4.99 Å². The first-order valence-electron chi connectivity index (χ1n) is 8.14. The van der Waals surface area contributed by atoms with Gasteiger partial charge in [0.15, 0.2) is 5.96 Å². The molecule has 0 saturated carbocycles. The lowest BCUT2D eigenvalue weighted by Crippen LogP contribution is -2.40. The van der Waals surface area contributed by atoms with Gasteiger partial charge in [0, 0.05) is 26.2 Å². The molecule has 0 amide bonds. The number of rotatable bonds is 10. The van der Waals surface area contributed by atoms with E-state index in [4.69, 9.17) is 9.47 Å². The number of guanidine groups is 1. The Morgan fingerprint density at radius 2 is 1.95 bits per heavy atom. The van der Waals surface area contributed by atoms with Gasteiger partial charge in [-0.25, -0.2) is 0 Å². The lowest BCUT2D eigenvalue weighted by Gasteiger charge is -2.20. The molecule has 0 bridgehead atoms. The van der Waals surface area contributed by atoms with Crippen LogP contribution in [0.2, 0.25) is 0 Å². The number of aliphatic hydroxyl groups is 1. The molecule has 1 rings (SSSR count). The van der Waals surface area contributed by atoms with Crippen LogP contribution in [0.1, 0.15) is 33.1 Å². The molecule has 1 saturated heterocycles. The molecule has 22 heavy (non-hydrogen) atoms. The summed E-state index contributed by atoms with van der Waals surface area (Å²) in [5, 5.41) is 12.8. The van der Waals surface area contributed by atoms with Gasteiger partial charge >= 0.3 is 0 Å². The third-order valence-electron chi connectivity index (χ3n) is 3.31. The number of hydrogen-bond donors (Lipinski definition) is 2. The maximum absolute atomic E-state index is 9.58. The van der Waals surface area contributed by atoms with Crippen LogP contribution >= 0.6 is 24.0 Å². The van der Waals surface area contributed by atoms with E-state index in [1.807, 2.05) is 6.92 Å². The van der Waals surface area contributed by atoms with Crippen molar-refractivity contribution in [2.24, 2.45) is 4.99 Å². The molecule has 7 heteroatoms. The number of β-amino-alcohol motifs (C(OH)–C–C–N with tert-alkyl or cyclic N) is 1. The van der Waals surface area contributed by atoms with Gasteiger partial charge in [-0.2, -0.15) is 0 Å². The van der Waals surface area contributed by atoms with Crippen LogP contribution in [0.25, 0.3) is 0 Å². The molecule has 1 aliphatic rings. The van der Waals surface area contributed by atoms with Crippen molar-refractivity contribution in [2.45, 2.75) is 39.2 Å². The van der Waals surface area contributed by atoms with E-state index in [2.05, 4.69) is 22.1 Å². The zero-order chi connectivity index (χ0) is 15.3. The average molecular weight is 429 g/mol. The zero-order valence-electron chi connectivity index (χ0n) is 13.9. The summed E-state index contributed by atoms with van der Waals surface area (Å²) in [5.74, 6) is 0.872. The fourth-order valence-electron chi connectivity index (χ4n) is 2.14. The fourth-order valence-corrected chi connectivity index (χ4v) is 2.14. The van der Waals surface area contributed by atoms with Crippen molar-refractivity contribution in [3.63, 3.8) is 0 Å². The van der Waals surface area contributed by atoms with E-state index in [1.165, 1.54) is 0 Å². The van der Waals surface area contributed by atoms with E-state index in [1.54, 1.807) is 0 Å². The highest BCUT2D eigenvalue weighted by atomic mass is 127. The number of ether oxygens (including phenoxy) is 2. The fraction of sp³-hybridized carbons (Fsp3) is 0.933. The lowest BCUT2D eigenvalue weighted by atomic mass is 10.3. The summed E-state index contributed by atoms with van der Waals surface area (Å²) in [4.78, 5) is 6.63. The topological polar surface area (TPSA) is 66.3 Å². The molecule has 1 atom stereocenters. The molecule has 1 heterocycles. The Bertz CT molecular complexity index is 293. The monoisotopic (exact) mass is 429 g/mol. The van der Waals surface area contributed by atoms with Gasteiger partial charge in [0.1, 0.15) is 0 Å². The third kappa shape index (κ3) is 9.81. The number of unbranched alkanes of at least 4 members (excludes halogenated alkanes) is 1. The zero-order valence-corrected chi connectivity index (χ0v) is 16.3. The van der Waals surface area contributed by atoms with Crippen LogP contribution in [0.5, 0.6) is 0 Å². The minimum Gasteiger partial charge on any atom is -0.391 e. The molecule has 1 fully saturated rings. The second-order valence-corrected chi connectivity index (χ2v) is 5.20. The smallest absolute Gasteiger partial charge is 0.194 e. The largest absolute Gasteiger partial charge is 0.391 e. The van der Waals surface area contributed by atoms with E-state index in [0.29, 0.717) is 32.9 Å². The second kappa shape index (κ2) is 14.5. The Hall–Kier alpha value is -0.120. The molecular formula is C15H32IN3O3. The normalized spacial score (nSPS) is 18.4. The summed E-state index contributed by atoms with van der Waals surface area (Å²) in [7, 11) is 0. The number of aliphatic hydroxyl groups excluding tert-OH is 1. The van der Waals surface area contributed by atoms with E-state index in [0.717, 1.165) is 44.9 Å². The van der Waals surface area contributed by atoms with E-state index in [9.17, 15) is 5.11 Å². The standard InChI is InChI=1S/C15H31N3O3.HI/c1-3-5-9-20-11-12-21-10-7-17-15(16-4-2)18-8-6-14(19)13-18;/h14,19H,3-13H2,1-2H3,(H,16,17);1H/t14-;/m1./s1. The van der Waals surface area contributed by atoms with Crippen molar-refractivity contribution in [3.8, 4) is 0 Å². The highest BCUT2D eigenvalue weighted by molar-refractivity contribution is 14.0. The number of nitrogens with zero attached hydrogens (tertiary/aromatic N) is 2. The van der Waals surface area contributed by atoms with Gasteiger partial charge in [-0.15, -0.1) is 24.0 Å². The number of nitrogens with one attached hydrogen (secondary N) is 1. The average Bonchev–Trinajstić information content (AvgIpc) is 2.91. The van der Waals surface area contributed by atoms with Crippen LogP contribution < -0.4 is 5.32 Å². The van der Waals surface area contributed by atoms with Crippen molar-refractivity contribution >= 4 is 29.9 Å². The van der Waals surface area contributed by atoms with Gasteiger partial charge in [-0.1, -0.05) is 13.3 Å². The molecule has 0 unspecified atom stereocenters. The van der Waals surface area contributed by atoms with Crippen molar-refractivity contribution in [1.82, 2.24) is 10.2 Å². The summed E-state index contributed by atoms with van der Waals surface area (Å²) < 4.78 is 10.9. The van der Waals surface area contributed by atoms with E-state index >= 15 is 0 Å². The maximum Gasteiger partial charge on any atom is 0.194 e. The number of likely N-dealkylation sites (tertiary alicyclic amines) is 1. The van der Waals surface area contributed by atoms with Gasteiger partial charge in [-0.05, 0) is 19.8 Å². The molecule has 0 aliphatic carbocycles. The molecular weight excluding hydrogens is 397 g/mol. The maximum atomic E-state index is 9.58. The van der Waals surface area contributed by atoms with Gasteiger partial charge in [0.25, 0.3) is 0 Å². The Morgan fingerprint density at radius 3 is 2.55 bits per heavy atom. The first-order chi connectivity index (χ1) is 10.3. The molecule has 0 spiro atoms. The van der Waals surface area contributed by atoms with Crippen LogP contribution in [-0.2, 0) is 9.47 Å². The van der Waals surface area contributed by atoms with E-state index in [-0.39, 0.29) is 30.1 Å². The summed E-state index contributed by atoms with van der Waals surface area (Å²) >= 11 is 0. The number of hydrogen-bond acceptors (Lipinski definition) is 4. The summed E-state index contributed by atoms with van der Waals surface area (Å²) in [6.07, 6.45) is 2.85. The number of halogens is 1. The Kier molecular flexibility index (Phi) is 14.4. The second-order valence-electron chi connectivity index (χ2n) is 5.20. The van der Waals surface area contributed by atoms with Crippen molar-refractivity contribution < 1.29 is 14.6 Å². The van der Waals surface area contributed by atoms with Gasteiger partial charge in [-0.3, -0.25) is 4.99 Å². The van der Waals surface area contributed by atoms with Crippen molar-refractivity contribution in [3.05, 3.63) is 0 Å². The third-order valence-corrected chi connectivity index (χ3v) is 3.31. The quantitative estimate of drug-likeness (QED) is 0.238. The summed E-state index contributed by atoms with van der Waals surface area (Å²) in [5.41, 5.74) is 0. The van der Waals surface area contributed by atoms with Crippen molar-refractivity contribution in [1.29, 1.82) is 0 Å². The summed E-state index contributed by atoms with van der Waals surface area (Å²) in [6, 6.07) is 0. The Labute approximate surface area is 151 Å². The molecule has 1 aliphatic heterocycles. The highest BCUT2D eigenvalue weighted by Gasteiger charge is 2.22. The predicted octanol–water partition coefficient (Wildman–Crippen LogP) is 1.47. The minimum atomic E-state index is -0.231. The van der Waals surface area contributed by atoms with Crippen LogP contribution in [-0.4, -0.2) is 74.7 Å². The molecule has 0 aromatic rings. The molecule has 2 N–H and O–H groups in total. The Balaban J connectivity index is 0.00000441. The minimum absolute atomic E-state index is 0. The van der Waals surface area contributed by atoms with Gasteiger partial charge in [0.2, 0.25) is 0 Å². The van der Waals surface area contributed by atoms with E-state index < -0.39 is 0 Å². The SMILES string of the molecule is CCCCOCCOCCN=C(NCC)N1CC[C@@H](O)C1.I. The van der Waals surface area contributed by atoms with Crippen LogP contribution in [0.4, 0.5) is 0 Å². The lowest BCUT2D eigenvalue weighted by molar-refractivity contribution is 0.0497. The molecule has 132 valence electrons. The molecule has 0 aromatic carbocycles. The number of aliphatic imine (C=N–C) groups is 1. The first-order valence-corrected chi connectivity index (χ1v) is 8.14. The Morgan fingerprint density at radius 1 is 1.23 bits per heavy atom. The molecule has 0 aromatic heterocycles. The first kappa shape index (κ1) is 21.9. The molecule has 6 nitrogen and oxygen atoms in total. The predicted molar refractivity (Wildman–Crippen MR) is 100 cm³/mol. The highest BCUT2D eigenvalue weighted by Crippen LogP contribution is 2.08. The van der Waals surface area contributed by atoms with Crippen molar-refractivity contribution in [2.75, 3.05) is 52.6 Å². The summed E-state index contributed by atoms with van der Waals surface area (Å²) in [6.45, 7) is 9.88.